The number of carbonyl (C=O) groups excluding carboxylic acids is 3. The molecule has 0 saturated carbocycles. The molecule has 0 aliphatic carbocycles. The zero-order valence-electron chi connectivity index (χ0n) is 22.7. The van der Waals surface area contributed by atoms with Crippen LogP contribution in [-0.4, -0.2) is 53.6 Å². The summed E-state index contributed by atoms with van der Waals surface area (Å²) < 4.78 is 27.5. The molecule has 1 saturated heterocycles. The van der Waals surface area contributed by atoms with Crippen LogP contribution in [-0.2, 0) is 23.0 Å². The summed E-state index contributed by atoms with van der Waals surface area (Å²) in [6.45, 7) is 0.814. The van der Waals surface area contributed by atoms with Crippen LogP contribution >= 0.6 is 11.6 Å². The summed E-state index contributed by atoms with van der Waals surface area (Å²) in [5.41, 5.74) is 2.03. The van der Waals surface area contributed by atoms with E-state index in [0.29, 0.717) is 23.4 Å². The van der Waals surface area contributed by atoms with Crippen molar-refractivity contribution in [1.29, 1.82) is 0 Å². The van der Waals surface area contributed by atoms with Crippen molar-refractivity contribution in [3.8, 4) is 5.75 Å². The molecule has 1 N–H and O–H groups in total. The number of carbonyl (C=O) groups is 3. The molecule has 1 fully saturated rings. The molecule has 1 aliphatic heterocycles. The number of esters is 1. The lowest BCUT2D eigenvalue weighted by molar-refractivity contribution is -0.131. The lowest BCUT2D eigenvalue weighted by Crippen LogP contribution is -2.40. The number of nitrogens with zero attached hydrogens (tertiary/aromatic N) is 2. The van der Waals surface area contributed by atoms with Gasteiger partial charge in [-0.2, -0.15) is 0 Å². The second kappa shape index (κ2) is 12.0. The fraction of sp³-hybridized carbons (Fsp3) is 0.258. The lowest BCUT2D eigenvalue weighted by Gasteiger charge is -2.25. The van der Waals surface area contributed by atoms with Gasteiger partial charge in [0.05, 0.1) is 41.4 Å². The van der Waals surface area contributed by atoms with Gasteiger partial charge in [0.1, 0.15) is 18.2 Å². The van der Waals surface area contributed by atoms with Gasteiger partial charge in [-0.1, -0.05) is 29.8 Å². The van der Waals surface area contributed by atoms with E-state index in [1.807, 2.05) is 35.9 Å². The van der Waals surface area contributed by atoms with Crippen LogP contribution < -0.4 is 10.1 Å². The summed E-state index contributed by atoms with van der Waals surface area (Å²) in [5, 5.41) is 3.61. The Balaban J connectivity index is 1.22. The summed E-state index contributed by atoms with van der Waals surface area (Å²) in [7, 11) is 3.16. The van der Waals surface area contributed by atoms with Crippen molar-refractivity contribution in [2.45, 2.75) is 25.3 Å². The van der Waals surface area contributed by atoms with Gasteiger partial charge in [0.2, 0.25) is 5.91 Å². The van der Waals surface area contributed by atoms with E-state index < -0.39 is 17.7 Å². The fourth-order valence-electron chi connectivity index (χ4n) is 5.13. The van der Waals surface area contributed by atoms with Gasteiger partial charge in [-0.05, 0) is 60.9 Å². The highest BCUT2D eigenvalue weighted by atomic mass is 35.5. The SMILES string of the molecule is COC(=O)c1ccc(OCC2CCCN2C(=O)Cc2cc(Cl)c(NC(=O)c3cn(C)c4ccccc34)cc2F)cc1. The Morgan fingerprint density at radius 1 is 1.10 bits per heavy atom. The minimum Gasteiger partial charge on any atom is -0.491 e. The number of methoxy groups -OCH3 is 1. The van der Waals surface area contributed by atoms with Crippen LogP contribution in [0.25, 0.3) is 10.9 Å². The first-order chi connectivity index (χ1) is 19.7. The van der Waals surface area contributed by atoms with E-state index >= 15 is 4.39 Å². The van der Waals surface area contributed by atoms with E-state index in [0.717, 1.165) is 29.8 Å². The molecule has 0 bridgehead atoms. The summed E-state index contributed by atoms with van der Waals surface area (Å²) in [4.78, 5) is 39.5. The highest BCUT2D eigenvalue weighted by molar-refractivity contribution is 6.34. The van der Waals surface area contributed by atoms with Crippen LogP contribution in [0.4, 0.5) is 10.1 Å². The predicted octanol–water partition coefficient (Wildman–Crippen LogP) is 5.62. The van der Waals surface area contributed by atoms with Crippen molar-refractivity contribution in [2.75, 3.05) is 25.6 Å². The third-order valence-corrected chi connectivity index (χ3v) is 7.60. The Labute approximate surface area is 241 Å². The molecule has 2 amide bonds. The fourth-order valence-corrected chi connectivity index (χ4v) is 5.36. The molecule has 5 rings (SSSR count). The highest BCUT2D eigenvalue weighted by Gasteiger charge is 2.30. The van der Waals surface area contributed by atoms with Crippen LogP contribution in [0.1, 0.15) is 39.1 Å². The molecule has 4 aromatic rings. The molecule has 1 aliphatic rings. The van der Waals surface area contributed by atoms with Crippen molar-refractivity contribution in [1.82, 2.24) is 9.47 Å². The Kier molecular flexibility index (Phi) is 8.26. The van der Waals surface area contributed by atoms with Crippen molar-refractivity contribution < 1.29 is 28.2 Å². The summed E-state index contributed by atoms with van der Waals surface area (Å²) in [6.07, 6.45) is 3.11. The van der Waals surface area contributed by atoms with E-state index in [1.54, 1.807) is 35.4 Å². The zero-order chi connectivity index (χ0) is 29.1. The van der Waals surface area contributed by atoms with E-state index in [9.17, 15) is 14.4 Å². The largest absolute Gasteiger partial charge is 0.491 e. The average molecular weight is 578 g/mol. The standard InChI is InChI=1S/C31H29ClFN3O5/c1-35-17-24(23-7-3-4-8-28(23)35)30(38)34-27-16-26(33)20(14-25(27)32)15-29(37)36-13-5-6-21(36)18-41-22-11-9-19(10-12-22)31(39)40-2/h3-4,7-12,14,16-17,21H,5-6,13,15,18H2,1-2H3,(H,34,38). The van der Waals surface area contributed by atoms with E-state index in [2.05, 4.69) is 5.32 Å². The topological polar surface area (TPSA) is 89.9 Å². The Bertz CT molecular complexity index is 1620. The Morgan fingerprint density at radius 3 is 2.61 bits per heavy atom. The van der Waals surface area contributed by atoms with Crippen LogP contribution in [0.5, 0.6) is 5.75 Å². The maximum absolute atomic E-state index is 15.1. The van der Waals surface area contributed by atoms with Gasteiger partial charge in [0.25, 0.3) is 5.91 Å². The summed E-state index contributed by atoms with van der Waals surface area (Å²) in [6, 6.07) is 16.4. The summed E-state index contributed by atoms with van der Waals surface area (Å²) in [5.74, 6) is -1.15. The number of nitrogens with one attached hydrogen (secondary N) is 1. The van der Waals surface area contributed by atoms with Gasteiger partial charge in [-0.25, -0.2) is 9.18 Å². The molecule has 10 heteroatoms. The van der Waals surface area contributed by atoms with Crippen LogP contribution in [0.3, 0.4) is 0 Å². The van der Waals surface area contributed by atoms with Crippen molar-refractivity contribution in [3.63, 3.8) is 0 Å². The van der Waals surface area contributed by atoms with Gasteiger partial charge >= 0.3 is 5.97 Å². The number of fused-ring (bicyclic) bond motifs is 1. The quantitative estimate of drug-likeness (QED) is 0.275. The maximum Gasteiger partial charge on any atom is 0.337 e. The highest BCUT2D eigenvalue weighted by Crippen LogP contribution is 2.29. The molecule has 0 radical (unpaired) electrons. The monoisotopic (exact) mass is 577 g/mol. The minimum atomic E-state index is -0.631. The number of benzene rings is 3. The zero-order valence-corrected chi connectivity index (χ0v) is 23.4. The molecule has 1 atom stereocenters. The first-order valence-corrected chi connectivity index (χ1v) is 13.6. The number of anilines is 1. The van der Waals surface area contributed by atoms with Gasteiger partial charge in [-0.3, -0.25) is 9.59 Å². The first-order valence-electron chi connectivity index (χ1n) is 13.2. The lowest BCUT2D eigenvalue weighted by atomic mass is 10.1. The van der Waals surface area contributed by atoms with Crippen molar-refractivity contribution in [3.05, 3.63) is 94.4 Å². The number of aryl methyl sites for hydroxylation is 1. The second-order valence-electron chi connectivity index (χ2n) is 9.94. The molecule has 2 heterocycles. The average Bonchev–Trinajstić information content (AvgIpc) is 3.59. The summed E-state index contributed by atoms with van der Waals surface area (Å²) >= 11 is 6.43. The number of ether oxygens (including phenoxy) is 2. The van der Waals surface area contributed by atoms with Gasteiger partial charge in [0.15, 0.2) is 0 Å². The Hall–Kier alpha value is -4.37. The number of likely N-dealkylation sites (tertiary alicyclic amines) is 1. The third kappa shape index (κ3) is 6.05. The molecule has 1 unspecified atom stereocenters. The number of aromatic nitrogens is 1. The third-order valence-electron chi connectivity index (χ3n) is 7.28. The number of para-hydroxylation sites is 1. The minimum absolute atomic E-state index is 0.129. The Morgan fingerprint density at radius 2 is 1.85 bits per heavy atom. The van der Waals surface area contributed by atoms with Gasteiger partial charge in [0, 0.05) is 30.7 Å². The molecule has 0 spiro atoms. The predicted molar refractivity (Wildman–Crippen MR) is 154 cm³/mol. The van der Waals surface area contributed by atoms with Crippen LogP contribution in [0.15, 0.2) is 66.9 Å². The molecular weight excluding hydrogens is 549 g/mol. The maximum atomic E-state index is 15.1. The van der Waals surface area contributed by atoms with E-state index in [1.165, 1.54) is 13.2 Å². The number of hydrogen-bond donors (Lipinski definition) is 1. The normalized spacial score (nSPS) is 14.7. The number of rotatable bonds is 8. The van der Waals surface area contributed by atoms with E-state index in [-0.39, 0.29) is 41.3 Å². The molecule has 41 heavy (non-hydrogen) atoms. The van der Waals surface area contributed by atoms with Crippen molar-refractivity contribution in [2.24, 2.45) is 7.05 Å². The number of amides is 2. The molecule has 8 nitrogen and oxygen atoms in total. The van der Waals surface area contributed by atoms with Gasteiger partial charge in [-0.15, -0.1) is 0 Å². The molecular formula is C31H29ClFN3O5. The first kappa shape index (κ1) is 28.2. The van der Waals surface area contributed by atoms with Crippen molar-refractivity contribution >= 4 is 46.0 Å². The number of hydrogen-bond acceptors (Lipinski definition) is 5. The molecule has 212 valence electrons. The second-order valence-corrected chi connectivity index (χ2v) is 10.3. The van der Waals surface area contributed by atoms with Gasteiger partial charge < -0.3 is 24.3 Å². The smallest absolute Gasteiger partial charge is 0.337 e. The van der Waals surface area contributed by atoms with E-state index in [4.69, 9.17) is 21.1 Å². The van der Waals surface area contributed by atoms with Crippen LogP contribution in [0, 0.1) is 5.82 Å². The molecule has 1 aromatic heterocycles. The number of halogens is 2. The molecule has 3 aromatic carbocycles. The van der Waals surface area contributed by atoms with Crippen LogP contribution in [0.2, 0.25) is 5.02 Å².